The van der Waals surface area contributed by atoms with Crippen LogP contribution < -0.4 is 11.1 Å². The first-order chi connectivity index (χ1) is 9.38. The Morgan fingerprint density at radius 1 is 1.45 bits per heavy atom. The van der Waals surface area contributed by atoms with Crippen molar-refractivity contribution in [3.8, 4) is 0 Å². The van der Waals surface area contributed by atoms with Crippen LogP contribution >= 0.6 is 11.6 Å². The van der Waals surface area contributed by atoms with Gasteiger partial charge in [0.1, 0.15) is 0 Å². The zero-order valence-corrected chi connectivity index (χ0v) is 13.4. The third kappa shape index (κ3) is 6.39. The van der Waals surface area contributed by atoms with Crippen LogP contribution in [0.4, 0.5) is 11.4 Å². The second-order valence-corrected chi connectivity index (χ2v) is 7.12. The normalized spacial score (nSPS) is 12.4. The molecule has 3 N–H and O–H groups in total. The lowest BCUT2D eigenvalue weighted by molar-refractivity contribution is -0.116. The summed E-state index contributed by atoms with van der Waals surface area (Å²) in [5.74, 6) is 1.53. The van der Waals surface area contributed by atoms with E-state index in [0.717, 1.165) is 0 Å². The van der Waals surface area contributed by atoms with E-state index >= 15 is 0 Å². The maximum Gasteiger partial charge on any atom is 0.224 e. The molecule has 1 aromatic carbocycles. The van der Waals surface area contributed by atoms with E-state index in [1.54, 1.807) is 18.2 Å². The van der Waals surface area contributed by atoms with E-state index in [2.05, 4.69) is 5.32 Å². The summed E-state index contributed by atoms with van der Waals surface area (Å²) in [4.78, 5) is 11.8. The highest BCUT2D eigenvalue weighted by Gasteiger charge is 2.08. The van der Waals surface area contributed by atoms with E-state index in [-0.39, 0.29) is 5.91 Å². The fourth-order valence-electron chi connectivity index (χ4n) is 1.69. The van der Waals surface area contributed by atoms with E-state index in [1.165, 1.54) is 0 Å². The van der Waals surface area contributed by atoms with Gasteiger partial charge >= 0.3 is 0 Å². The summed E-state index contributed by atoms with van der Waals surface area (Å²) < 4.78 is 11.6. The van der Waals surface area contributed by atoms with Gasteiger partial charge in [-0.25, -0.2) is 0 Å². The summed E-state index contributed by atoms with van der Waals surface area (Å²) in [6.07, 6.45) is 0.947. The average Bonchev–Trinajstić information content (AvgIpc) is 2.31. The number of nitrogens with two attached hydrogens (primary N) is 1. The Balaban J connectivity index is 2.35. The fourth-order valence-corrected chi connectivity index (χ4v) is 3.31. The summed E-state index contributed by atoms with van der Waals surface area (Å²) in [6.45, 7) is 4.07. The predicted octanol–water partition coefficient (Wildman–Crippen LogP) is 3.05. The largest absolute Gasteiger partial charge is 0.399 e. The number of rotatable bonds is 7. The van der Waals surface area contributed by atoms with Crippen LogP contribution in [0.3, 0.4) is 0 Å². The Morgan fingerprint density at radius 2 is 2.15 bits per heavy atom. The lowest BCUT2D eigenvalue weighted by Crippen LogP contribution is -2.14. The lowest BCUT2D eigenvalue weighted by atomic mass is 10.2. The van der Waals surface area contributed by atoms with Gasteiger partial charge in [0.15, 0.2) is 0 Å². The molecule has 0 saturated heterocycles. The third-order valence-electron chi connectivity index (χ3n) is 2.56. The van der Waals surface area contributed by atoms with Crippen molar-refractivity contribution in [2.45, 2.75) is 26.7 Å². The van der Waals surface area contributed by atoms with Crippen LogP contribution in [0.25, 0.3) is 0 Å². The van der Waals surface area contributed by atoms with E-state index in [4.69, 9.17) is 17.3 Å². The highest BCUT2D eigenvalue weighted by molar-refractivity contribution is 7.84. The quantitative estimate of drug-likeness (QED) is 0.759. The third-order valence-corrected chi connectivity index (χ3v) is 4.66. The molecule has 4 nitrogen and oxygen atoms in total. The number of hydrogen-bond acceptors (Lipinski definition) is 3. The lowest BCUT2D eigenvalue weighted by Gasteiger charge is -2.08. The predicted molar refractivity (Wildman–Crippen MR) is 86.4 cm³/mol. The van der Waals surface area contributed by atoms with Gasteiger partial charge in [0.2, 0.25) is 5.91 Å². The van der Waals surface area contributed by atoms with Crippen molar-refractivity contribution in [1.29, 1.82) is 0 Å². The molecule has 1 rings (SSSR count). The Hall–Kier alpha value is -1.07. The number of hydrogen-bond donors (Lipinski definition) is 2. The first kappa shape index (κ1) is 17.0. The van der Waals surface area contributed by atoms with Gasteiger partial charge in [-0.15, -0.1) is 0 Å². The Bertz CT molecular complexity index is 492. The van der Waals surface area contributed by atoms with E-state index < -0.39 is 10.8 Å². The standard InChI is InChI=1S/C14H21ClN2O2S/c1-10(2)9-20(19)7-3-4-14(18)17-13-6-5-11(16)8-12(13)15/h5-6,8,10H,3-4,7,9,16H2,1-2H3,(H,17,18). The SMILES string of the molecule is CC(C)CS(=O)CCCC(=O)Nc1ccc(N)cc1Cl. The van der Waals surface area contributed by atoms with Crippen LogP contribution in [0, 0.1) is 5.92 Å². The second-order valence-electron chi connectivity index (χ2n) is 5.10. The maximum atomic E-state index is 11.8. The molecule has 0 aliphatic carbocycles. The molecule has 0 spiro atoms. The molecule has 0 aromatic heterocycles. The number of nitrogens with one attached hydrogen (secondary N) is 1. The Labute approximate surface area is 127 Å². The van der Waals surface area contributed by atoms with Gasteiger partial charge in [0.25, 0.3) is 0 Å². The van der Waals surface area contributed by atoms with Gasteiger partial charge < -0.3 is 11.1 Å². The summed E-state index contributed by atoms with van der Waals surface area (Å²) in [5, 5.41) is 3.14. The molecule has 1 amide bonds. The van der Waals surface area contributed by atoms with Crippen molar-refractivity contribution in [3.63, 3.8) is 0 Å². The van der Waals surface area contributed by atoms with Crippen LogP contribution in [0.1, 0.15) is 26.7 Å². The van der Waals surface area contributed by atoms with Gasteiger partial charge in [-0.2, -0.15) is 0 Å². The first-order valence-electron chi connectivity index (χ1n) is 6.58. The molecule has 0 aliphatic rings. The zero-order chi connectivity index (χ0) is 15.1. The molecular weight excluding hydrogens is 296 g/mol. The van der Waals surface area contributed by atoms with Gasteiger partial charge in [-0.05, 0) is 30.5 Å². The number of amides is 1. The summed E-state index contributed by atoms with van der Waals surface area (Å²) in [5.41, 5.74) is 6.68. The molecule has 0 radical (unpaired) electrons. The molecule has 0 saturated carbocycles. The van der Waals surface area contributed by atoms with Crippen molar-refractivity contribution in [3.05, 3.63) is 23.2 Å². The number of halogens is 1. The van der Waals surface area contributed by atoms with Gasteiger partial charge in [0, 0.05) is 34.4 Å². The molecule has 6 heteroatoms. The summed E-state index contributed by atoms with van der Waals surface area (Å²) in [7, 11) is -0.843. The zero-order valence-electron chi connectivity index (χ0n) is 11.8. The van der Waals surface area contributed by atoms with Crippen LogP contribution in [-0.4, -0.2) is 21.6 Å². The van der Waals surface area contributed by atoms with E-state index in [0.29, 0.717) is 46.7 Å². The molecule has 1 aromatic rings. The van der Waals surface area contributed by atoms with Gasteiger partial charge in [-0.3, -0.25) is 9.00 Å². The number of carbonyl (C=O) groups excluding carboxylic acids is 1. The maximum absolute atomic E-state index is 11.8. The molecule has 1 unspecified atom stereocenters. The summed E-state index contributed by atoms with van der Waals surface area (Å²) in [6, 6.07) is 4.94. The smallest absolute Gasteiger partial charge is 0.224 e. The second kappa shape index (κ2) is 8.27. The molecule has 0 bridgehead atoms. The molecule has 0 heterocycles. The minimum atomic E-state index is -0.843. The Kier molecular flexibility index (Phi) is 7.02. The average molecular weight is 317 g/mol. The Morgan fingerprint density at radius 3 is 2.75 bits per heavy atom. The van der Waals surface area contributed by atoms with E-state index in [9.17, 15) is 9.00 Å². The fraction of sp³-hybridized carbons (Fsp3) is 0.500. The highest BCUT2D eigenvalue weighted by Crippen LogP contribution is 2.24. The molecule has 20 heavy (non-hydrogen) atoms. The molecule has 0 fully saturated rings. The van der Waals surface area contributed by atoms with Crippen LogP contribution in [0.15, 0.2) is 18.2 Å². The molecule has 1 atom stereocenters. The molecule has 112 valence electrons. The van der Waals surface area contributed by atoms with Crippen molar-refractivity contribution in [1.82, 2.24) is 0 Å². The number of benzene rings is 1. The minimum absolute atomic E-state index is 0.127. The van der Waals surface area contributed by atoms with Gasteiger partial charge in [0.05, 0.1) is 10.7 Å². The van der Waals surface area contributed by atoms with Crippen LogP contribution in [0.2, 0.25) is 5.02 Å². The highest BCUT2D eigenvalue weighted by atomic mass is 35.5. The van der Waals surface area contributed by atoms with Crippen molar-refractivity contribution >= 4 is 39.7 Å². The first-order valence-corrected chi connectivity index (χ1v) is 8.45. The number of carbonyl (C=O) groups is 1. The van der Waals surface area contributed by atoms with Crippen LogP contribution in [-0.2, 0) is 15.6 Å². The number of anilines is 2. The summed E-state index contributed by atoms with van der Waals surface area (Å²) >= 11 is 5.97. The number of nitrogen functional groups attached to an aromatic ring is 1. The topological polar surface area (TPSA) is 72.2 Å². The van der Waals surface area contributed by atoms with E-state index in [1.807, 2.05) is 13.8 Å². The minimum Gasteiger partial charge on any atom is -0.399 e. The van der Waals surface area contributed by atoms with Crippen molar-refractivity contribution < 1.29 is 9.00 Å². The van der Waals surface area contributed by atoms with Crippen LogP contribution in [0.5, 0.6) is 0 Å². The molecule has 0 aliphatic heterocycles. The van der Waals surface area contributed by atoms with Crippen molar-refractivity contribution in [2.24, 2.45) is 5.92 Å². The van der Waals surface area contributed by atoms with Gasteiger partial charge in [-0.1, -0.05) is 25.4 Å². The molecular formula is C14H21ClN2O2S. The monoisotopic (exact) mass is 316 g/mol. The van der Waals surface area contributed by atoms with Crippen molar-refractivity contribution in [2.75, 3.05) is 22.6 Å².